The summed E-state index contributed by atoms with van der Waals surface area (Å²) in [4.78, 5) is 11.9. The molecule has 0 aliphatic heterocycles. The summed E-state index contributed by atoms with van der Waals surface area (Å²) in [7, 11) is 1.74. The molecular weight excluding hydrogens is 216 g/mol. The molecule has 0 saturated heterocycles. The summed E-state index contributed by atoms with van der Waals surface area (Å²) in [6.07, 6.45) is 0. The SMILES string of the molecule is Cc1cc(OC(=O)c2ccccc2C)n(C)n1. The summed E-state index contributed by atoms with van der Waals surface area (Å²) in [5.74, 6) is 0.0989. The van der Waals surface area contributed by atoms with Crippen LogP contribution in [0, 0.1) is 13.8 Å². The van der Waals surface area contributed by atoms with Crippen molar-refractivity contribution in [1.82, 2.24) is 9.78 Å². The lowest BCUT2D eigenvalue weighted by Gasteiger charge is -2.05. The van der Waals surface area contributed by atoms with E-state index in [1.165, 1.54) is 0 Å². The minimum Gasteiger partial charge on any atom is -0.404 e. The fraction of sp³-hybridized carbons (Fsp3) is 0.231. The van der Waals surface area contributed by atoms with E-state index < -0.39 is 0 Å². The maximum absolute atomic E-state index is 11.9. The Hall–Kier alpha value is -2.10. The first kappa shape index (κ1) is 11.4. The molecule has 4 heteroatoms. The molecule has 0 unspecified atom stereocenters. The minimum absolute atomic E-state index is 0.355. The van der Waals surface area contributed by atoms with Gasteiger partial charge in [-0.25, -0.2) is 9.48 Å². The van der Waals surface area contributed by atoms with Crippen LogP contribution in [0.2, 0.25) is 0 Å². The van der Waals surface area contributed by atoms with Crippen LogP contribution in [0.15, 0.2) is 30.3 Å². The fourth-order valence-electron chi connectivity index (χ4n) is 1.63. The zero-order chi connectivity index (χ0) is 12.4. The largest absolute Gasteiger partial charge is 0.404 e. The number of rotatable bonds is 2. The Morgan fingerprint density at radius 3 is 2.59 bits per heavy atom. The Labute approximate surface area is 99.8 Å². The topological polar surface area (TPSA) is 44.1 Å². The van der Waals surface area contributed by atoms with Gasteiger partial charge in [0, 0.05) is 13.1 Å². The molecule has 1 aromatic carbocycles. The molecule has 88 valence electrons. The molecule has 0 aliphatic carbocycles. The molecule has 0 spiro atoms. The lowest BCUT2D eigenvalue weighted by Crippen LogP contribution is -2.12. The van der Waals surface area contributed by atoms with Crippen molar-refractivity contribution in [2.45, 2.75) is 13.8 Å². The lowest BCUT2D eigenvalue weighted by molar-refractivity contribution is 0.0719. The summed E-state index contributed by atoms with van der Waals surface area (Å²) < 4.78 is 6.84. The van der Waals surface area contributed by atoms with Gasteiger partial charge in [0.15, 0.2) is 0 Å². The van der Waals surface area contributed by atoms with Crippen LogP contribution in [0.1, 0.15) is 21.6 Å². The van der Waals surface area contributed by atoms with Crippen molar-refractivity contribution >= 4 is 5.97 Å². The van der Waals surface area contributed by atoms with Crippen LogP contribution in [0.4, 0.5) is 0 Å². The predicted molar refractivity (Wildman–Crippen MR) is 64.1 cm³/mol. The third-order valence-corrected chi connectivity index (χ3v) is 2.52. The van der Waals surface area contributed by atoms with Gasteiger partial charge in [-0.3, -0.25) is 0 Å². The Morgan fingerprint density at radius 1 is 1.29 bits per heavy atom. The summed E-state index contributed by atoms with van der Waals surface area (Å²) >= 11 is 0. The summed E-state index contributed by atoms with van der Waals surface area (Å²) in [6, 6.07) is 9.07. The van der Waals surface area contributed by atoms with Gasteiger partial charge in [0.1, 0.15) is 0 Å². The maximum Gasteiger partial charge on any atom is 0.345 e. The molecule has 1 heterocycles. The van der Waals surface area contributed by atoms with Crippen molar-refractivity contribution in [3.05, 3.63) is 47.2 Å². The van der Waals surface area contributed by atoms with Gasteiger partial charge in [-0.05, 0) is 25.5 Å². The maximum atomic E-state index is 11.9. The molecule has 2 aromatic rings. The third-order valence-electron chi connectivity index (χ3n) is 2.52. The first-order chi connectivity index (χ1) is 8.08. The zero-order valence-corrected chi connectivity index (χ0v) is 10.1. The van der Waals surface area contributed by atoms with Crippen LogP contribution in [-0.2, 0) is 7.05 Å². The quantitative estimate of drug-likeness (QED) is 0.743. The number of carbonyl (C=O) groups excluding carboxylic acids is 1. The Balaban J connectivity index is 2.23. The third kappa shape index (κ3) is 2.36. The van der Waals surface area contributed by atoms with Crippen molar-refractivity contribution in [3.8, 4) is 5.88 Å². The number of nitrogens with zero attached hydrogens (tertiary/aromatic N) is 2. The van der Waals surface area contributed by atoms with Gasteiger partial charge in [0.2, 0.25) is 5.88 Å². The standard InChI is InChI=1S/C13H14N2O2/c1-9-6-4-5-7-11(9)13(16)17-12-8-10(2)14-15(12)3/h4-8H,1-3H3. The Bertz CT molecular complexity index is 558. The fourth-order valence-corrected chi connectivity index (χ4v) is 1.63. The van der Waals surface area contributed by atoms with Gasteiger partial charge in [-0.2, -0.15) is 5.10 Å². The van der Waals surface area contributed by atoms with Crippen LogP contribution in [0.5, 0.6) is 5.88 Å². The van der Waals surface area contributed by atoms with Crippen LogP contribution in [-0.4, -0.2) is 15.7 Å². The number of ether oxygens (including phenoxy) is 1. The molecule has 0 fully saturated rings. The van der Waals surface area contributed by atoms with E-state index in [-0.39, 0.29) is 5.97 Å². The highest BCUT2D eigenvalue weighted by Crippen LogP contribution is 2.15. The van der Waals surface area contributed by atoms with Crippen molar-refractivity contribution < 1.29 is 9.53 Å². The zero-order valence-electron chi connectivity index (χ0n) is 10.1. The van der Waals surface area contributed by atoms with Crippen LogP contribution in [0.3, 0.4) is 0 Å². The van der Waals surface area contributed by atoms with E-state index in [9.17, 15) is 4.79 Å². The number of aryl methyl sites for hydroxylation is 3. The first-order valence-corrected chi connectivity index (χ1v) is 5.36. The van der Waals surface area contributed by atoms with E-state index >= 15 is 0 Å². The number of esters is 1. The number of aromatic nitrogens is 2. The van der Waals surface area contributed by atoms with Gasteiger partial charge >= 0.3 is 5.97 Å². The molecule has 0 radical (unpaired) electrons. The first-order valence-electron chi connectivity index (χ1n) is 5.36. The smallest absolute Gasteiger partial charge is 0.345 e. The summed E-state index contributed by atoms with van der Waals surface area (Å²) in [6.45, 7) is 3.73. The Morgan fingerprint density at radius 2 is 2.00 bits per heavy atom. The highest BCUT2D eigenvalue weighted by molar-refractivity contribution is 5.92. The molecule has 0 amide bonds. The van der Waals surface area contributed by atoms with Crippen molar-refractivity contribution in [3.63, 3.8) is 0 Å². The monoisotopic (exact) mass is 230 g/mol. The molecule has 0 bridgehead atoms. The normalized spacial score (nSPS) is 10.3. The van der Waals surface area contributed by atoms with Crippen molar-refractivity contribution in [2.75, 3.05) is 0 Å². The Kier molecular flexibility index (Phi) is 2.95. The molecule has 0 N–H and O–H groups in total. The van der Waals surface area contributed by atoms with E-state index in [2.05, 4.69) is 5.10 Å². The number of hydrogen-bond acceptors (Lipinski definition) is 3. The van der Waals surface area contributed by atoms with E-state index in [0.717, 1.165) is 11.3 Å². The van der Waals surface area contributed by atoms with E-state index in [4.69, 9.17) is 4.74 Å². The second-order valence-corrected chi connectivity index (χ2v) is 3.95. The minimum atomic E-state index is -0.355. The van der Waals surface area contributed by atoms with Gasteiger partial charge in [-0.1, -0.05) is 18.2 Å². The second kappa shape index (κ2) is 4.41. The highest BCUT2D eigenvalue weighted by Gasteiger charge is 2.13. The molecule has 0 atom stereocenters. The van der Waals surface area contributed by atoms with E-state index in [1.54, 1.807) is 23.9 Å². The number of benzene rings is 1. The van der Waals surface area contributed by atoms with Gasteiger partial charge in [0.25, 0.3) is 0 Å². The summed E-state index contributed by atoms with van der Waals surface area (Å²) in [5.41, 5.74) is 2.29. The number of hydrogen-bond donors (Lipinski definition) is 0. The van der Waals surface area contributed by atoms with Gasteiger partial charge < -0.3 is 4.74 Å². The predicted octanol–water partition coefficient (Wildman–Crippen LogP) is 2.26. The van der Waals surface area contributed by atoms with Gasteiger partial charge in [-0.15, -0.1) is 0 Å². The van der Waals surface area contributed by atoms with Crippen molar-refractivity contribution in [1.29, 1.82) is 0 Å². The van der Waals surface area contributed by atoms with Crippen molar-refractivity contribution in [2.24, 2.45) is 7.05 Å². The molecule has 0 aliphatic rings. The van der Waals surface area contributed by atoms with Crippen LogP contribution in [0.25, 0.3) is 0 Å². The average molecular weight is 230 g/mol. The lowest BCUT2D eigenvalue weighted by atomic mass is 10.1. The average Bonchev–Trinajstić information content (AvgIpc) is 2.58. The number of carbonyl (C=O) groups is 1. The van der Waals surface area contributed by atoms with Crippen LogP contribution >= 0.6 is 0 Å². The molecule has 17 heavy (non-hydrogen) atoms. The molecule has 0 saturated carbocycles. The van der Waals surface area contributed by atoms with E-state index in [0.29, 0.717) is 11.4 Å². The van der Waals surface area contributed by atoms with Crippen LogP contribution < -0.4 is 4.74 Å². The molecular formula is C13H14N2O2. The van der Waals surface area contributed by atoms with Gasteiger partial charge in [0.05, 0.1) is 11.3 Å². The summed E-state index contributed by atoms with van der Waals surface area (Å²) in [5, 5.41) is 4.12. The molecule has 1 aromatic heterocycles. The van der Waals surface area contributed by atoms with E-state index in [1.807, 2.05) is 32.0 Å². The second-order valence-electron chi connectivity index (χ2n) is 3.95. The molecule has 2 rings (SSSR count). The molecule has 4 nitrogen and oxygen atoms in total. The highest BCUT2D eigenvalue weighted by atomic mass is 16.5.